The SMILES string of the molecule is C=C[C@H]1CN2CC[C@H]1C[C@@H]2[C@@H](O)C1=CC(C(C)=O)Nc2ccc(OC)cc21. The predicted molar refractivity (Wildman–Crippen MR) is 107 cm³/mol. The molecule has 2 unspecified atom stereocenters. The molecule has 3 saturated heterocycles. The summed E-state index contributed by atoms with van der Waals surface area (Å²) in [5.74, 6) is 1.88. The third-order valence-corrected chi connectivity index (χ3v) is 6.47. The number of benzene rings is 1. The number of piperidine rings is 3. The number of carbonyl (C=O) groups is 1. The molecule has 1 aromatic rings. The number of rotatable bonds is 5. The van der Waals surface area contributed by atoms with Crippen LogP contribution in [0.1, 0.15) is 25.3 Å². The molecular formula is C22H28N2O3. The lowest BCUT2D eigenvalue weighted by Crippen LogP contribution is -2.57. The minimum absolute atomic E-state index is 0.0401. The van der Waals surface area contributed by atoms with E-state index >= 15 is 0 Å². The van der Waals surface area contributed by atoms with Crippen LogP contribution in [0.15, 0.2) is 36.9 Å². The fourth-order valence-electron chi connectivity index (χ4n) is 4.88. The molecule has 5 heteroatoms. The average molecular weight is 368 g/mol. The van der Waals surface area contributed by atoms with Gasteiger partial charge in [-0.3, -0.25) is 9.69 Å². The second kappa shape index (κ2) is 7.13. The number of hydrogen-bond donors (Lipinski definition) is 2. The van der Waals surface area contributed by atoms with Crippen molar-refractivity contribution < 1.29 is 14.6 Å². The maximum atomic E-state index is 12.1. The standard InChI is InChI=1S/C22H28N2O3/c1-4-14-12-24-8-7-15(14)9-21(24)22(26)18-11-20(13(2)25)23-19-6-5-16(27-3)10-17(18)19/h4-6,10-11,14-15,20-23,26H,1,7-9,12H2,2-3H3/t14-,15-,20?,21+,22-/m0/s1. The molecule has 5 nitrogen and oxygen atoms in total. The molecule has 3 fully saturated rings. The highest BCUT2D eigenvalue weighted by molar-refractivity contribution is 5.94. The van der Waals surface area contributed by atoms with Crippen LogP contribution in [0.25, 0.3) is 5.57 Å². The molecular weight excluding hydrogens is 340 g/mol. The Kier molecular flexibility index (Phi) is 4.82. The van der Waals surface area contributed by atoms with Gasteiger partial charge >= 0.3 is 0 Å². The number of Topliss-reactive ketones (excluding diaryl/α,β-unsaturated/α-hetero) is 1. The van der Waals surface area contributed by atoms with Crippen LogP contribution in [-0.4, -0.2) is 54.2 Å². The first kappa shape index (κ1) is 18.3. The van der Waals surface area contributed by atoms with Crippen LogP contribution in [0.4, 0.5) is 5.69 Å². The van der Waals surface area contributed by atoms with E-state index in [1.165, 1.54) is 6.42 Å². The van der Waals surface area contributed by atoms with E-state index in [4.69, 9.17) is 4.74 Å². The monoisotopic (exact) mass is 368 g/mol. The van der Waals surface area contributed by atoms with Gasteiger partial charge in [-0.1, -0.05) is 6.08 Å². The molecule has 144 valence electrons. The zero-order chi connectivity index (χ0) is 19.1. The molecule has 6 atom stereocenters. The van der Waals surface area contributed by atoms with Gasteiger partial charge in [-0.2, -0.15) is 0 Å². The molecule has 27 heavy (non-hydrogen) atoms. The summed E-state index contributed by atoms with van der Waals surface area (Å²) in [6, 6.07) is 5.41. The number of anilines is 1. The molecule has 2 bridgehead atoms. The van der Waals surface area contributed by atoms with Crippen molar-refractivity contribution in [1.82, 2.24) is 4.90 Å². The summed E-state index contributed by atoms with van der Waals surface area (Å²) in [5.41, 5.74) is 2.62. The Balaban J connectivity index is 1.68. The molecule has 4 aliphatic heterocycles. The summed E-state index contributed by atoms with van der Waals surface area (Å²) in [6.07, 6.45) is 5.46. The normalized spacial score (nSPS) is 32.7. The highest BCUT2D eigenvalue weighted by atomic mass is 16.5. The summed E-state index contributed by atoms with van der Waals surface area (Å²) in [5, 5.41) is 14.6. The summed E-state index contributed by atoms with van der Waals surface area (Å²) < 4.78 is 5.38. The molecule has 1 aromatic carbocycles. The van der Waals surface area contributed by atoms with Crippen molar-refractivity contribution in [3.63, 3.8) is 0 Å². The van der Waals surface area contributed by atoms with Crippen LogP contribution in [0.5, 0.6) is 5.75 Å². The maximum Gasteiger partial charge on any atom is 0.155 e. The Hall–Kier alpha value is -2.11. The van der Waals surface area contributed by atoms with Crippen molar-refractivity contribution in [3.05, 3.63) is 42.5 Å². The van der Waals surface area contributed by atoms with Crippen molar-refractivity contribution in [2.75, 3.05) is 25.5 Å². The molecule has 0 radical (unpaired) electrons. The zero-order valence-electron chi connectivity index (χ0n) is 16.0. The molecule has 5 rings (SSSR count). The second-order valence-corrected chi connectivity index (χ2v) is 7.96. The van der Waals surface area contributed by atoms with E-state index < -0.39 is 12.1 Å². The number of ether oxygens (including phenoxy) is 1. The Labute approximate surface area is 160 Å². The first-order valence-electron chi connectivity index (χ1n) is 9.73. The van der Waals surface area contributed by atoms with E-state index in [1.54, 1.807) is 14.0 Å². The highest BCUT2D eigenvalue weighted by Crippen LogP contribution is 2.42. The summed E-state index contributed by atoms with van der Waals surface area (Å²) in [6.45, 7) is 7.54. The smallest absolute Gasteiger partial charge is 0.155 e. The third kappa shape index (κ3) is 3.19. The summed E-state index contributed by atoms with van der Waals surface area (Å²) in [7, 11) is 1.64. The molecule has 2 N–H and O–H groups in total. The van der Waals surface area contributed by atoms with Crippen LogP contribution in [0, 0.1) is 11.8 Å². The van der Waals surface area contributed by atoms with Gasteiger partial charge in [0.25, 0.3) is 0 Å². The van der Waals surface area contributed by atoms with Gasteiger partial charge < -0.3 is 15.2 Å². The largest absolute Gasteiger partial charge is 0.497 e. The van der Waals surface area contributed by atoms with E-state index in [-0.39, 0.29) is 11.8 Å². The lowest BCUT2D eigenvalue weighted by molar-refractivity contribution is -0.116. The van der Waals surface area contributed by atoms with Crippen LogP contribution in [0.2, 0.25) is 0 Å². The number of carbonyl (C=O) groups excluding carboxylic acids is 1. The average Bonchev–Trinajstić information content (AvgIpc) is 2.71. The molecule has 0 aliphatic carbocycles. The molecule has 0 amide bonds. The third-order valence-electron chi connectivity index (χ3n) is 6.47. The van der Waals surface area contributed by atoms with E-state index in [2.05, 4.69) is 22.9 Å². The Morgan fingerprint density at radius 1 is 1.48 bits per heavy atom. The van der Waals surface area contributed by atoms with Crippen LogP contribution in [0.3, 0.4) is 0 Å². The number of methoxy groups -OCH3 is 1. The minimum atomic E-state index is -0.631. The summed E-state index contributed by atoms with van der Waals surface area (Å²) >= 11 is 0. The molecule has 0 saturated carbocycles. The van der Waals surface area contributed by atoms with Gasteiger partial charge in [0.2, 0.25) is 0 Å². The molecule has 0 aromatic heterocycles. The minimum Gasteiger partial charge on any atom is -0.497 e. The lowest BCUT2D eigenvalue weighted by atomic mass is 9.73. The van der Waals surface area contributed by atoms with Gasteiger partial charge in [0.15, 0.2) is 5.78 Å². The molecule has 4 heterocycles. The number of nitrogens with one attached hydrogen (secondary N) is 1. The van der Waals surface area contributed by atoms with E-state index in [0.717, 1.165) is 42.1 Å². The van der Waals surface area contributed by atoms with Crippen molar-refractivity contribution >= 4 is 17.0 Å². The summed E-state index contributed by atoms with van der Waals surface area (Å²) in [4.78, 5) is 14.4. The van der Waals surface area contributed by atoms with E-state index in [0.29, 0.717) is 11.8 Å². The van der Waals surface area contributed by atoms with Crippen LogP contribution < -0.4 is 10.1 Å². The van der Waals surface area contributed by atoms with E-state index in [9.17, 15) is 9.90 Å². The maximum absolute atomic E-state index is 12.1. The number of hydrogen-bond acceptors (Lipinski definition) is 5. The Morgan fingerprint density at radius 2 is 2.30 bits per heavy atom. The fraction of sp³-hybridized carbons (Fsp3) is 0.500. The van der Waals surface area contributed by atoms with Crippen LogP contribution >= 0.6 is 0 Å². The van der Waals surface area contributed by atoms with Gasteiger partial charge in [0.05, 0.1) is 13.2 Å². The Morgan fingerprint density at radius 3 is 2.93 bits per heavy atom. The van der Waals surface area contributed by atoms with Gasteiger partial charge in [-0.25, -0.2) is 0 Å². The van der Waals surface area contributed by atoms with Gasteiger partial charge in [-0.15, -0.1) is 6.58 Å². The highest BCUT2D eigenvalue weighted by Gasteiger charge is 2.43. The Bertz CT molecular complexity index is 788. The number of aliphatic hydroxyl groups excluding tert-OH is 1. The van der Waals surface area contributed by atoms with Gasteiger partial charge in [0.1, 0.15) is 11.8 Å². The van der Waals surface area contributed by atoms with Crippen molar-refractivity contribution in [2.24, 2.45) is 11.8 Å². The fourth-order valence-corrected chi connectivity index (χ4v) is 4.88. The second-order valence-electron chi connectivity index (χ2n) is 7.96. The van der Waals surface area contributed by atoms with Crippen molar-refractivity contribution in [3.8, 4) is 5.75 Å². The van der Waals surface area contributed by atoms with Gasteiger partial charge in [-0.05, 0) is 68.0 Å². The lowest BCUT2D eigenvalue weighted by Gasteiger charge is -2.51. The molecule has 4 aliphatic rings. The number of fused-ring (bicyclic) bond motifs is 4. The topological polar surface area (TPSA) is 61.8 Å². The first-order valence-corrected chi connectivity index (χ1v) is 9.73. The quantitative estimate of drug-likeness (QED) is 0.783. The van der Waals surface area contributed by atoms with Crippen molar-refractivity contribution in [2.45, 2.75) is 38.0 Å². The number of ketones is 1. The number of nitrogens with zero attached hydrogens (tertiary/aromatic N) is 1. The molecule has 0 spiro atoms. The first-order chi connectivity index (χ1) is 13.0. The van der Waals surface area contributed by atoms with Gasteiger partial charge in [0, 0.05) is 23.8 Å². The number of aliphatic hydroxyl groups is 1. The van der Waals surface area contributed by atoms with Crippen molar-refractivity contribution in [1.29, 1.82) is 0 Å². The van der Waals surface area contributed by atoms with Crippen LogP contribution in [-0.2, 0) is 4.79 Å². The van der Waals surface area contributed by atoms with E-state index in [1.807, 2.05) is 24.3 Å². The predicted octanol–water partition coefficient (Wildman–Crippen LogP) is 2.72. The zero-order valence-corrected chi connectivity index (χ0v) is 16.0.